The standard InChI is InChI=1S/C29H35NO10/c1-22(2)27(32)38-13-12-30-29(34)40-21-19-37-17-15-35-14-16-36-18-20-39-28(33)25-11-7-6-10-24(25)26(31)23-8-4-3-5-9-23/h3-11H,1,12-21H2,2H3,(H,30,34). The maximum absolute atomic E-state index is 12.8. The maximum atomic E-state index is 12.8. The van der Waals surface area contributed by atoms with Gasteiger partial charge >= 0.3 is 18.0 Å². The molecule has 0 aliphatic carbocycles. The quantitative estimate of drug-likeness (QED) is 0.0903. The fourth-order valence-electron chi connectivity index (χ4n) is 3.08. The number of hydrogen-bond donors (Lipinski definition) is 1. The van der Waals surface area contributed by atoms with E-state index in [4.69, 9.17) is 28.4 Å². The van der Waals surface area contributed by atoms with Gasteiger partial charge in [0.1, 0.15) is 19.8 Å². The summed E-state index contributed by atoms with van der Waals surface area (Å²) in [7, 11) is 0. The molecule has 0 aliphatic heterocycles. The number of esters is 2. The molecule has 1 N–H and O–H groups in total. The van der Waals surface area contributed by atoms with E-state index in [9.17, 15) is 19.2 Å². The van der Waals surface area contributed by atoms with Crippen LogP contribution >= 0.6 is 0 Å². The van der Waals surface area contributed by atoms with Gasteiger partial charge in [0.25, 0.3) is 0 Å². The Balaban J connectivity index is 1.45. The molecule has 0 aliphatic rings. The number of benzene rings is 2. The molecule has 0 spiro atoms. The van der Waals surface area contributed by atoms with E-state index >= 15 is 0 Å². The summed E-state index contributed by atoms with van der Waals surface area (Å²) in [6, 6.07) is 15.3. The Hall–Kier alpha value is -4.06. The van der Waals surface area contributed by atoms with Crippen molar-refractivity contribution in [2.24, 2.45) is 0 Å². The van der Waals surface area contributed by atoms with E-state index in [2.05, 4.69) is 11.9 Å². The van der Waals surface area contributed by atoms with E-state index in [1.807, 2.05) is 6.07 Å². The lowest BCUT2D eigenvalue weighted by atomic mass is 9.98. The van der Waals surface area contributed by atoms with Crippen LogP contribution in [0.15, 0.2) is 66.7 Å². The topological polar surface area (TPSA) is 136 Å². The van der Waals surface area contributed by atoms with Gasteiger partial charge in [-0.2, -0.15) is 0 Å². The maximum Gasteiger partial charge on any atom is 0.407 e. The van der Waals surface area contributed by atoms with Crippen LogP contribution in [0.1, 0.15) is 33.2 Å². The number of alkyl carbamates (subject to hydrolysis) is 1. The van der Waals surface area contributed by atoms with Crippen LogP contribution in [-0.4, -0.2) is 89.8 Å². The molecule has 0 bridgehead atoms. The Bertz CT molecular complexity index is 1100. The van der Waals surface area contributed by atoms with Gasteiger partial charge in [0.15, 0.2) is 5.78 Å². The van der Waals surface area contributed by atoms with Crippen LogP contribution in [0.4, 0.5) is 4.79 Å². The third-order valence-electron chi connectivity index (χ3n) is 5.05. The molecule has 0 radical (unpaired) electrons. The monoisotopic (exact) mass is 557 g/mol. The summed E-state index contributed by atoms with van der Waals surface area (Å²) in [6.45, 7) is 6.85. The van der Waals surface area contributed by atoms with Crippen molar-refractivity contribution in [2.75, 3.05) is 66.0 Å². The van der Waals surface area contributed by atoms with Gasteiger partial charge in [-0.05, 0) is 13.0 Å². The highest BCUT2D eigenvalue weighted by molar-refractivity contribution is 6.14. The zero-order chi connectivity index (χ0) is 29.0. The van der Waals surface area contributed by atoms with Crippen molar-refractivity contribution in [3.63, 3.8) is 0 Å². The molecule has 11 nitrogen and oxygen atoms in total. The Morgan fingerprint density at radius 3 is 1.77 bits per heavy atom. The van der Waals surface area contributed by atoms with Gasteiger partial charge in [-0.3, -0.25) is 4.79 Å². The van der Waals surface area contributed by atoms with Crippen LogP contribution in [0.25, 0.3) is 0 Å². The number of ketones is 1. The highest BCUT2D eigenvalue weighted by Gasteiger charge is 2.18. The molecule has 0 heterocycles. The first-order valence-electron chi connectivity index (χ1n) is 12.7. The lowest BCUT2D eigenvalue weighted by Gasteiger charge is -2.10. The molecule has 2 aromatic carbocycles. The van der Waals surface area contributed by atoms with Gasteiger partial charge in [0.05, 0.1) is 51.7 Å². The lowest BCUT2D eigenvalue weighted by molar-refractivity contribution is -0.138. The van der Waals surface area contributed by atoms with Crippen molar-refractivity contribution in [3.05, 3.63) is 83.4 Å². The first kappa shape index (κ1) is 32.2. The fraction of sp³-hybridized carbons (Fsp3) is 0.379. The molecule has 11 heteroatoms. The Kier molecular flexibility index (Phi) is 15.3. The fourth-order valence-corrected chi connectivity index (χ4v) is 3.08. The van der Waals surface area contributed by atoms with E-state index in [-0.39, 0.29) is 62.1 Å². The molecule has 0 aromatic heterocycles. The second-order valence-electron chi connectivity index (χ2n) is 8.19. The van der Waals surface area contributed by atoms with Crippen molar-refractivity contribution >= 4 is 23.8 Å². The largest absolute Gasteiger partial charge is 0.460 e. The van der Waals surface area contributed by atoms with Gasteiger partial charge in [0.2, 0.25) is 0 Å². The first-order chi connectivity index (χ1) is 19.4. The molecule has 40 heavy (non-hydrogen) atoms. The zero-order valence-corrected chi connectivity index (χ0v) is 22.6. The van der Waals surface area contributed by atoms with E-state index < -0.39 is 18.0 Å². The number of nitrogens with one attached hydrogen (secondary N) is 1. The minimum Gasteiger partial charge on any atom is -0.460 e. The number of carbonyl (C=O) groups excluding carboxylic acids is 4. The molecule has 0 atom stereocenters. The number of amides is 1. The van der Waals surface area contributed by atoms with E-state index in [1.165, 1.54) is 6.92 Å². The summed E-state index contributed by atoms with van der Waals surface area (Å²) in [4.78, 5) is 47.9. The summed E-state index contributed by atoms with van der Waals surface area (Å²) in [5.74, 6) is -1.36. The molecular formula is C29H35NO10. The minimum atomic E-state index is -0.640. The van der Waals surface area contributed by atoms with Crippen molar-refractivity contribution in [1.82, 2.24) is 5.32 Å². The minimum absolute atomic E-state index is 0.0232. The van der Waals surface area contributed by atoms with E-state index in [0.29, 0.717) is 32.0 Å². The third-order valence-corrected chi connectivity index (χ3v) is 5.05. The Morgan fingerprint density at radius 2 is 1.18 bits per heavy atom. The van der Waals surface area contributed by atoms with Gasteiger partial charge in [0, 0.05) is 16.7 Å². The molecule has 0 saturated heterocycles. The summed E-state index contributed by atoms with van der Waals surface area (Å²) in [5.41, 5.74) is 1.26. The van der Waals surface area contributed by atoms with Gasteiger partial charge in [-0.1, -0.05) is 55.1 Å². The highest BCUT2D eigenvalue weighted by atomic mass is 16.6. The molecule has 0 fully saturated rings. The number of hydrogen-bond acceptors (Lipinski definition) is 10. The molecule has 1 amide bonds. The van der Waals surface area contributed by atoms with E-state index in [1.54, 1.807) is 48.5 Å². The van der Waals surface area contributed by atoms with E-state index in [0.717, 1.165) is 0 Å². The molecule has 216 valence electrons. The SMILES string of the molecule is C=C(C)C(=O)OCCNC(=O)OCCOCCOCCOCCOC(=O)c1ccccc1C(=O)c1ccccc1. The summed E-state index contributed by atoms with van der Waals surface area (Å²) >= 11 is 0. The second kappa shape index (κ2) is 19.1. The van der Waals surface area contributed by atoms with Crippen LogP contribution < -0.4 is 5.32 Å². The zero-order valence-electron chi connectivity index (χ0n) is 22.6. The first-order valence-corrected chi connectivity index (χ1v) is 12.7. The molecule has 2 aromatic rings. The summed E-state index contributed by atoms with van der Waals surface area (Å²) < 4.78 is 31.1. The third kappa shape index (κ3) is 12.7. The second-order valence-corrected chi connectivity index (χ2v) is 8.19. The smallest absolute Gasteiger partial charge is 0.407 e. The number of carbonyl (C=O) groups is 4. The Labute approximate surface area is 233 Å². The molecular weight excluding hydrogens is 522 g/mol. The average molecular weight is 558 g/mol. The average Bonchev–Trinajstić information content (AvgIpc) is 2.97. The number of ether oxygens (including phenoxy) is 6. The predicted molar refractivity (Wildman–Crippen MR) is 144 cm³/mol. The normalized spacial score (nSPS) is 10.4. The number of rotatable bonds is 19. The van der Waals surface area contributed by atoms with Crippen LogP contribution in [0, 0.1) is 0 Å². The predicted octanol–water partition coefficient (Wildman–Crippen LogP) is 2.97. The van der Waals surface area contributed by atoms with Gasteiger partial charge < -0.3 is 33.7 Å². The molecule has 0 unspecified atom stereocenters. The van der Waals surface area contributed by atoms with Gasteiger partial charge in [-0.25, -0.2) is 14.4 Å². The summed E-state index contributed by atoms with van der Waals surface area (Å²) in [6.07, 6.45) is -0.640. The van der Waals surface area contributed by atoms with Crippen molar-refractivity contribution in [2.45, 2.75) is 6.92 Å². The highest BCUT2D eigenvalue weighted by Crippen LogP contribution is 2.15. The molecule has 0 saturated carbocycles. The van der Waals surface area contributed by atoms with Crippen molar-refractivity contribution < 1.29 is 47.6 Å². The summed E-state index contributed by atoms with van der Waals surface area (Å²) in [5, 5.41) is 2.44. The van der Waals surface area contributed by atoms with Gasteiger partial charge in [-0.15, -0.1) is 0 Å². The lowest BCUT2D eigenvalue weighted by Crippen LogP contribution is -2.29. The Morgan fingerprint density at radius 1 is 0.650 bits per heavy atom. The molecule has 2 rings (SSSR count). The van der Waals surface area contributed by atoms with Crippen LogP contribution in [0.2, 0.25) is 0 Å². The van der Waals surface area contributed by atoms with Crippen LogP contribution in [0.3, 0.4) is 0 Å². The van der Waals surface area contributed by atoms with Crippen LogP contribution in [0.5, 0.6) is 0 Å². The van der Waals surface area contributed by atoms with Crippen LogP contribution in [-0.2, 0) is 33.2 Å². The van der Waals surface area contributed by atoms with Crippen molar-refractivity contribution in [3.8, 4) is 0 Å². The van der Waals surface area contributed by atoms with Crippen molar-refractivity contribution in [1.29, 1.82) is 0 Å².